The Morgan fingerprint density at radius 1 is 1.69 bits per heavy atom. The average molecular weight is 185 g/mol. The van der Waals surface area contributed by atoms with Crippen LogP contribution in [0.2, 0.25) is 0 Å². The van der Waals surface area contributed by atoms with Crippen molar-refractivity contribution in [3.8, 4) is 0 Å². The van der Waals surface area contributed by atoms with E-state index in [-0.39, 0.29) is 17.5 Å². The number of fused-ring (bicyclic) bond motifs is 2. The molecule has 1 aliphatic heterocycles. The first-order valence-electron chi connectivity index (χ1n) is 4.62. The minimum absolute atomic E-state index is 0.0160. The summed E-state index contributed by atoms with van der Waals surface area (Å²) in [5.74, 6) is 0.238. The molecule has 2 fully saturated rings. The van der Waals surface area contributed by atoms with Crippen LogP contribution in [0.1, 0.15) is 12.8 Å². The molecule has 0 spiro atoms. The van der Waals surface area contributed by atoms with E-state index in [0.29, 0.717) is 19.1 Å². The lowest BCUT2D eigenvalue weighted by Gasteiger charge is -2.27. The molecule has 1 heterocycles. The molecule has 2 aliphatic rings. The number of carbonyl (C=O) groups is 1. The normalized spacial score (nSPS) is 42.3. The molecule has 13 heavy (non-hydrogen) atoms. The molecule has 2 rings (SSSR count). The molecule has 0 amide bonds. The molecule has 2 N–H and O–H groups in total. The van der Waals surface area contributed by atoms with Crippen LogP contribution < -0.4 is 5.73 Å². The van der Waals surface area contributed by atoms with Gasteiger partial charge in [-0.15, -0.1) is 0 Å². The zero-order chi connectivity index (χ0) is 9.47. The molecule has 0 aromatic heterocycles. The number of carbonyl (C=O) groups excluding carboxylic acids is 1. The number of nitrogens with two attached hydrogens (primary N) is 1. The maximum Gasteiger partial charge on any atom is 0.309 e. The van der Waals surface area contributed by atoms with Crippen molar-refractivity contribution >= 4 is 5.97 Å². The van der Waals surface area contributed by atoms with Gasteiger partial charge in [-0.1, -0.05) is 0 Å². The standard InChI is InChI=1S/C9H15NO3/c1-12-8(11)7-3-9(5-10)2-6(7)4-13-9/h6-7H,2-5,10H2,1H3/t6-,7+,9+/m0/s1. The molecule has 2 bridgehead atoms. The highest BCUT2D eigenvalue weighted by Crippen LogP contribution is 2.47. The lowest BCUT2D eigenvalue weighted by atomic mass is 9.96. The summed E-state index contributed by atoms with van der Waals surface area (Å²) in [6.07, 6.45) is 1.66. The Hall–Kier alpha value is -0.610. The summed E-state index contributed by atoms with van der Waals surface area (Å²) in [6, 6.07) is 0. The zero-order valence-corrected chi connectivity index (χ0v) is 7.79. The minimum Gasteiger partial charge on any atom is -0.469 e. The fourth-order valence-electron chi connectivity index (χ4n) is 2.50. The lowest BCUT2D eigenvalue weighted by Crippen LogP contribution is -2.39. The lowest BCUT2D eigenvalue weighted by molar-refractivity contribution is -0.150. The second kappa shape index (κ2) is 2.96. The first kappa shape index (κ1) is 8.97. The summed E-state index contributed by atoms with van der Waals surface area (Å²) in [6.45, 7) is 1.17. The van der Waals surface area contributed by atoms with Crippen molar-refractivity contribution in [2.45, 2.75) is 18.4 Å². The molecule has 0 radical (unpaired) electrons. The van der Waals surface area contributed by atoms with Crippen LogP contribution in [0.3, 0.4) is 0 Å². The Morgan fingerprint density at radius 3 is 3.00 bits per heavy atom. The van der Waals surface area contributed by atoms with Crippen molar-refractivity contribution in [2.75, 3.05) is 20.3 Å². The van der Waals surface area contributed by atoms with Crippen LogP contribution in [0.5, 0.6) is 0 Å². The Bertz CT molecular complexity index is 231. The molecule has 0 aromatic rings. The van der Waals surface area contributed by atoms with E-state index in [2.05, 4.69) is 0 Å². The number of rotatable bonds is 2. The van der Waals surface area contributed by atoms with E-state index >= 15 is 0 Å². The molecule has 1 saturated heterocycles. The highest BCUT2D eigenvalue weighted by Gasteiger charge is 2.53. The van der Waals surface area contributed by atoms with Crippen molar-refractivity contribution in [2.24, 2.45) is 17.6 Å². The van der Waals surface area contributed by atoms with E-state index in [1.165, 1.54) is 7.11 Å². The van der Waals surface area contributed by atoms with Gasteiger partial charge in [-0.3, -0.25) is 4.79 Å². The van der Waals surface area contributed by atoms with Gasteiger partial charge in [0.15, 0.2) is 0 Å². The summed E-state index contributed by atoms with van der Waals surface area (Å²) in [4.78, 5) is 11.3. The third-order valence-electron chi connectivity index (χ3n) is 3.27. The van der Waals surface area contributed by atoms with Crippen molar-refractivity contribution in [3.63, 3.8) is 0 Å². The van der Waals surface area contributed by atoms with Gasteiger partial charge in [0, 0.05) is 6.54 Å². The molecule has 1 aliphatic carbocycles. The van der Waals surface area contributed by atoms with E-state index < -0.39 is 0 Å². The van der Waals surface area contributed by atoms with Gasteiger partial charge in [-0.2, -0.15) is 0 Å². The Labute approximate surface area is 77.4 Å². The average Bonchev–Trinajstić information content (AvgIpc) is 2.74. The highest BCUT2D eigenvalue weighted by atomic mass is 16.5. The van der Waals surface area contributed by atoms with E-state index in [0.717, 1.165) is 12.8 Å². The number of esters is 1. The number of hydrogen-bond donors (Lipinski definition) is 1. The monoisotopic (exact) mass is 185 g/mol. The zero-order valence-electron chi connectivity index (χ0n) is 7.79. The smallest absolute Gasteiger partial charge is 0.309 e. The van der Waals surface area contributed by atoms with Gasteiger partial charge in [-0.25, -0.2) is 0 Å². The van der Waals surface area contributed by atoms with Gasteiger partial charge >= 0.3 is 5.97 Å². The Morgan fingerprint density at radius 2 is 2.46 bits per heavy atom. The molecular weight excluding hydrogens is 170 g/mol. The van der Waals surface area contributed by atoms with E-state index in [1.807, 2.05) is 0 Å². The van der Waals surface area contributed by atoms with Crippen LogP contribution in [0.4, 0.5) is 0 Å². The topological polar surface area (TPSA) is 61.5 Å². The van der Waals surface area contributed by atoms with Crippen molar-refractivity contribution in [1.82, 2.24) is 0 Å². The molecule has 1 saturated carbocycles. The molecule has 0 unspecified atom stereocenters. The fourth-order valence-corrected chi connectivity index (χ4v) is 2.50. The van der Waals surface area contributed by atoms with Crippen LogP contribution in [0, 0.1) is 11.8 Å². The van der Waals surface area contributed by atoms with E-state index in [4.69, 9.17) is 15.2 Å². The van der Waals surface area contributed by atoms with Gasteiger partial charge in [0.05, 0.1) is 25.2 Å². The quantitative estimate of drug-likeness (QED) is 0.611. The molecular formula is C9H15NO3. The largest absolute Gasteiger partial charge is 0.469 e. The molecule has 3 atom stereocenters. The molecule has 74 valence electrons. The number of ether oxygens (including phenoxy) is 2. The van der Waals surface area contributed by atoms with Gasteiger partial charge in [-0.05, 0) is 18.8 Å². The minimum atomic E-state index is -0.219. The number of hydrogen-bond acceptors (Lipinski definition) is 4. The SMILES string of the molecule is COC(=O)[C@@H]1C[C@@]2(CN)C[C@H]1CO2. The first-order valence-corrected chi connectivity index (χ1v) is 4.62. The summed E-state index contributed by atoms with van der Waals surface area (Å²) in [5, 5.41) is 0. The first-order chi connectivity index (χ1) is 6.21. The van der Waals surface area contributed by atoms with E-state index in [9.17, 15) is 4.79 Å². The Kier molecular flexibility index (Phi) is 2.04. The second-order valence-corrected chi connectivity index (χ2v) is 4.00. The van der Waals surface area contributed by atoms with Gasteiger partial charge in [0.25, 0.3) is 0 Å². The summed E-state index contributed by atoms with van der Waals surface area (Å²) in [5.41, 5.74) is 5.41. The third-order valence-corrected chi connectivity index (χ3v) is 3.27. The van der Waals surface area contributed by atoms with Crippen molar-refractivity contribution in [1.29, 1.82) is 0 Å². The van der Waals surface area contributed by atoms with Gasteiger partial charge in [0.1, 0.15) is 0 Å². The van der Waals surface area contributed by atoms with Crippen LogP contribution in [-0.2, 0) is 14.3 Å². The van der Waals surface area contributed by atoms with Gasteiger partial charge in [0.2, 0.25) is 0 Å². The van der Waals surface area contributed by atoms with Crippen molar-refractivity contribution < 1.29 is 14.3 Å². The van der Waals surface area contributed by atoms with Crippen LogP contribution in [-0.4, -0.2) is 31.8 Å². The third kappa shape index (κ3) is 1.25. The predicted octanol–water partition coefficient (Wildman–Crippen LogP) is -0.0867. The second-order valence-electron chi connectivity index (χ2n) is 4.00. The van der Waals surface area contributed by atoms with E-state index in [1.54, 1.807) is 0 Å². The van der Waals surface area contributed by atoms with Crippen molar-refractivity contribution in [3.05, 3.63) is 0 Å². The number of methoxy groups -OCH3 is 1. The Balaban J connectivity index is 2.09. The summed E-state index contributed by atoms with van der Waals surface area (Å²) in [7, 11) is 1.43. The van der Waals surface area contributed by atoms with Crippen LogP contribution in [0.15, 0.2) is 0 Å². The molecule has 4 heteroatoms. The predicted molar refractivity (Wildman–Crippen MR) is 46.0 cm³/mol. The highest BCUT2D eigenvalue weighted by molar-refractivity contribution is 5.73. The van der Waals surface area contributed by atoms with Crippen LogP contribution >= 0.6 is 0 Å². The molecule has 4 nitrogen and oxygen atoms in total. The maximum atomic E-state index is 11.3. The van der Waals surface area contributed by atoms with Gasteiger partial charge < -0.3 is 15.2 Å². The molecule has 0 aromatic carbocycles. The van der Waals surface area contributed by atoms with Crippen LogP contribution in [0.25, 0.3) is 0 Å². The summed E-state index contributed by atoms with van der Waals surface area (Å²) >= 11 is 0. The maximum absolute atomic E-state index is 11.3. The fraction of sp³-hybridized carbons (Fsp3) is 0.889. The summed E-state index contributed by atoms with van der Waals surface area (Å²) < 4.78 is 10.3.